The fraction of sp³-hybridized carbons (Fsp3) is 0.476. The van der Waals surface area contributed by atoms with Gasteiger partial charge in [-0.3, -0.25) is 9.69 Å². The zero-order valence-corrected chi connectivity index (χ0v) is 16.6. The number of hydrogen-bond acceptors (Lipinski definition) is 6. The topological polar surface area (TPSA) is 73.4 Å². The fourth-order valence-electron chi connectivity index (χ4n) is 4.00. The van der Waals surface area contributed by atoms with Crippen LogP contribution in [-0.4, -0.2) is 48.1 Å². The lowest BCUT2D eigenvalue weighted by Crippen LogP contribution is -2.43. The van der Waals surface area contributed by atoms with Gasteiger partial charge in [0, 0.05) is 55.4 Å². The Bertz CT molecular complexity index is 827. The number of anilines is 4. The second kappa shape index (κ2) is 8.14. The molecule has 0 bridgehead atoms. The van der Waals surface area contributed by atoms with Gasteiger partial charge in [-0.15, -0.1) is 0 Å². The number of fused-ring (bicyclic) bond motifs is 1. The molecule has 148 valence electrons. The molecule has 4 rings (SSSR count). The van der Waals surface area contributed by atoms with Crippen LogP contribution in [0, 0.1) is 0 Å². The molecule has 2 N–H and O–H groups in total. The standard InChI is InChI=1S/C21H28N6O/c1-3-17(4-2)27-19(28)13-15-14-23-21(25-20(15)27)24-16-5-7-18(8-6-16)26-11-9-22-10-12-26/h5-8,14,17,22H,3-4,9-13H2,1-2H3,(H,23,24,25). The Kier molecular flexibility index (Phi) is 5.43. The van der Waals surface area contributed by atoms with E-state index in [1.54, 1.807) is 6.20 Å². The Morgan fingerprint density at radius 1 is 1.14 bits per heavy atom. The van der Waals surface area contributed by atoms with Gasteiger partial charge in [0.2, 0.25) is 11.9 Å². The summed E-state index contributed by atoms with van der Waals surface area (Å²) in [6.07, 6.45) is 4.01. The molecule has 2 aromatic rings. The van der Waals surface area contributed by atoms with Crippen LogP contribution in [-0.2, 0) is 11.2 Å². The highest BCUT2D eigenvalue weighted by molar-refractivity contribution is 6.00. The molecule has 2 aliphatic rings. The van der Waals surface area contributed by atoms with Crippen molar-refractivity contribution < 1.29 is 4.79 Å². The van der Waals surface area contributed by atoms with Crippen LogP contribution in [0.15, 0.2) is 30.5 Å². The monoisotopic (exact) mass is 380 g/mol. The van der Waals surface area contributed by atoms with Crippen LogP contribution in [0.5, 0.6) is 0 Å². The van der Waals surface area contributed by atoms with Crippen molar-refractivity contribution in [3.63, 3.8) is 0 Å². The summed E-state index contributed by atoms with van der Waals surface area (Å²) in [5.41, 5.74) is 3.08. The summed E-state index contributed by atoms with van der Waals surface area (Å²) in [6, 6.07) is 8.55. The van der Waals surface area contributed by atoms with E-state index in [-0.39, 0.29) is 11.9 Å². The maximum Gasteiger partial charge on any atom is 0.233 e. The van der Waals surface area contributed by atoms with E-state index in [0.717, 1.165) is 56.1 Å². The van der Waals surface area contributed by atoms with Gasteiger partial charge in [0.25, 0.3) is 0 Å². The third-order valence-corrected chi connectivity index (χ3v) is 5.59. The largest absolute Gasteiger partial charge is 0.369 e. The van der Waals surface area contributed by atoms with E-state index in [2.05, 4.69) is 63.6 Å². The highest BCUT2D eigenvalue weighted by Crippen LogP contribution is 2.31. The first-order chi connectivity index (χ1) is 13.7. The fourth-order valence-corrected chi connectivity index (χ4v) is 4.00. The smallest absolute Gasteiger partial charge is 0.233 e. The van der Waals surface area contributed by atoms with E-state index < -0.39 is 0 Å². The summed E-state index contributed by atoms with van der Waals surface area (Å²) in [6.45, 7) is 8.32. The third kappa shape index (κ3) is 3.67. The number of carbonyl (C=O) groups is 1. The molecule has 1 aromatic heterocycles. The first-order valence-electron chi connectivity index (χ1n) is 10.2. The molecule has 2 aliphatic heterocycles. The average molecular weight is 380 g/mol. The van der Waals surface area contributed by atoms with Crippen LogP contribution in [0.4, 0.5) is 23.1 Å². The summed E-state index contributed by atoms with van der Waals surface area (Å²) < 4.78 is 0. The van der Waals surface area contributed by atoms with E-state index in [9.17, 15) is 4.79 Å². The van der Waals surface area contributed by atoms with Gasteiger partial charge in [-0.05, 0) is 37.1 Å². The molecular formula is C21H28N6O. The summed E-state index contributed by atoms with van der Waals surface area (Å²) in [5.74, 6) is 1.41. The van der Waals surface area contributed by atoms with Gasteiger partial charge < -0.3 is 15.5 Å². The number of piperazine rings is 1. The van der Waals surface area contributed by atoms with Crippen LogP contribution >= 0.6 is 0 Å². The Morgan fingerprint density at radius 2 is 1.86 bits per heavy atom. The molecule has 1 aromatic carbocycles. The molecule has 3 heterocycles. The van der Waals surface area contributed by atoms with Crippen LogP contribution in [0.1, 0.15) is 32.3 Å². The number of amides is 1. The molecule has 0 spiro atoms. The maximum absolute atomic E-state index is 12.5. The van der Waals surface area contributed by atoms with Crippen molar-refractivity contribution in [2.24, 2.45) is 0 Å². The second-order valence-electron chi connectivity index (χ2n) is 7.36. The molecule has 1 saturated heterocycles. The minimum absolute atomic E-state index is 0.121. The van der Waals surface area contributed by atoms with Crippen LogP contribution in [0.3, 0.4) is 0 Å². The SMILES string of the molecule is CCC(CC)N1C(=O)Cc2cnc(Nc3ccc(N4CCNCC4)cc3)nc21. The number of hydrogen-bond donors (Lipinski definition) is 2. The van der Waals surface area contributed by atoms with E-state index in [0.29, 0.717) is 12.4 Å². The van der Waals surface area contributed by atoms with Crippen molar-refractivity contribution in [1.82, 2.24) is 15.3 Å². The van der Waals surface area contributed by atoms with Crippen LogP contribution < -0.4 is 20.4 Å². The van der Waals surface area contributed by atoms with Crippen molar-refractivity contribution in [1.29, 1.82) is 0 Å². The molecule has 0 atom stereocenters. The lowest BCUT2D eigenvalue weighted by molar-refractivity contribution is -0.117. The second-order valence-corrected chi connectivity index (χ2v) is 7.36. The van der Waals surface area contributed by atoms with E-state index >= 15 is 0 Å². The molecule has 7 heteroatoms. The molecule has 0 aliphatic carbocycles. The lowest BCUT2D eigenvalue weighted by Gasteiger charge is -2.29. The summed E-state index contributed by atoms with van der Waals surface area (Å²) in [4.78, 5) is 25.8. The van der Waals surface area contributed by atoms with Gasteiger partial charge in [0.05, 0.1) is 6.42 Å². The normalized spacial score (nSPS) is 16.6. The highest BCUT2D eigenvalue weighted by atomic mass is 16.2. The van der Waals surface area contributed by atoms with Gasteiger partial charge in [-0.2, -0.15) is 4.98 Å². The average Bonchev–Trinajstić information content (AvgIpc) is 3.06. The minimum Gasteiger partial charge on any atom is -0.369 e. The van der Waals surface area contributed by atoms with Crippen LogP contribution in [0.2, 0.25) is 0 Å². The van der Waals surface area contributed by atoms with Gasteiger partial charge in [0.1, 0.15) is 5.82 Å². The van der Waals surface area contributed by atoms with Crippen molar-refractivity contribution >= 4 is 29.0 Å². The predicted octanol–water partition coefficient (Wildman–Crippen LogP) is 2.71. The third-order valence-electron chi connectivity index (χ3n) is 5.59. The van der Waals surface area contributed by atoms with Crippen molar-refractivity contribution in [3.05, 3.63) is 36.0 Å². The maximum atomic E-state index is 12.5. The summed E-state index contributed by atoms with van der Waals surface area (Å²) >= 11 is 0. The number of carbonyl (C=O) groups excluding carboxylic acids is 1. The Morgan fingerprint density at radius 3 is 2.54 bits per heavy atom. The predicted molar refractivity (Wildman–Crippen MR) is 112 cm³/mol. The van der Waals surface area contributed by atoms with Crippen molar-refractivity contribution in [2.75, 3.05) is 41.3 Å². The van der Waals surface area contributed by atoms with Gasteiger partial charge in [0.15, 0.2) is 0 Å². The number of benzene rings is 1. The molecule has 0 unspecified atom stereocenters. The number of aromatic nitrogens is 2. The lowest BCUT2D eigenvalue weighted by atomic mass is 10.1. The first kappa shape index (κ1) is 18.7. The zero-order valence-electron chi connectivity index (χ0n) is 16.6. The highest BCUT2D eigenvalue weighted by Gasteiger charge is 2.33. The summed E-state index contributed by atoms with van der Waals surface area (Å²) in [5, 5.41) is 6.66. The zero-order chi connectivity index (χ0) is 19.5. The molecular weight excluding hydrogens is 352 g/mol. The molecule has 7 nitrogen and oxygen atoms in total. The Hall–Kier alpha value is -2.67. The summed E-state index contributed by atoms with van der Waals surface area (Å²) in [7, 11) is 0. The number of rotatable bonds is 6. The van der Waals surface area contributed by atoms with Gasteiger partial charge in [-0.1, -0.05) is 13.8 Å². The van der Waals surface area contributed by atoms with Gasteiger partial charge >= 0.3 is 0 Å². The van der Waals surface area contributed by atoms with E-state index in [1.165, 1.54) is 5.69 Å². The minimum atomic E-state index is 0.121. The van der Waals surface area contributed by atoms with E-state index in [4.69, 9.17) is 0 Å². The van der Waals surface area contributed by atoms with Crippen molar-refractivity contribution in [3.8, 4) is 0 Å². The van der Waals surface area contributed by atoms with Crippen LogP contribution in [0.25, 0.3) is 0 Å². The molecule has 1 fully saturated rings. The van der Waals surface area contributed by atoms with Gasteiger partial charge in [-0.25, -0.2) is 4.98 Å². The van der Waals surface area contributed by atoms with Crippen molar-refractivity contribution in [2.45, 2.75) is 39.2 Å². The molecule has 28 heavy (non-hydrogen) atoms. The quantitative estimate of drug-likeness (QED) is 0.803. The Balaban J connectivity index is 1.51. The molecule has 0 radical (unpaired) electrons. The Labute approximate surface area is 166 Å². The molecule has 0 saturated carbocycles. The first-order valence-corrected chi connectivity index (χ1v) is 10.2. The van der Waals surface area contributed by atoms with E-state index in [1.807, 2.05) is 4.90 Å². The molecule has 1 amide bonds. The number of nitrogens with zero attached hydrogens (tertiary/aromatic N) is 4. The number of nitrogens with one attached hydrogen (secondary N) is 2.